The van der Waals surface area contributed by atoms with E-state index in [0.717, 1.165) is 32.4 Å². The topological polar surface area (TPSA) is 32.3 Å². The largest absolute Gasteiger partial charge is 0.338 e. The fourth-order valence-electron chi connectivity index (χ4n) is 2.90. The number of carbonyl (C=O) groups is 1. The van der Waals surface area contributed by atoms with Gasteiger partial charge in [0, 0.05) is 18.6 Å². The van der Waals surface area contributed by atoms with Gasteiger partial charge >= 0.3 is 0 Å². The lowest BCUT2D eigenvalue weighted by molar-refractivity contribution is -0.131. The molecule has 108 valence electrons. The molecular weight excluding hydrogens is 255 g/mol. The maximum atomic E-state index is 13.7. The van der Waals surface area contributed by atoms with E-state index in [2.05, 4.69) is 5.32 Å². The van der Waals surface area contributed by atoms with Crippen LogP contribution in [0, 0.1) is 5.82 Å². The van der Waals surface area contributed by atoms with E-state index >= 15 is 0 Å². The van der Waals surface area contributed by atoms with Crippen LogP contribution in [0.25, 0.3) is 0 Å². The third kappa shape index (κ3) is 3.18. The second-order valence-corrected chi connectivity index (χ2v) is 5.84. The van der Waals surface area contributed by atoms with Gasteiger partial charge in [-0.15, -0.1) is 0 Å². The Kier molecular flexibility index (Phi) is 4.01. The van der Waals surface area contributed by atoms with Gasteiger partial charge in [-0.05, 0) is 43.9 Å². The first kappa shape index (κ1) is 13.6. The summed E-state index contributed by atoms with van der Waals surface area (Å²) in [5, 5.41) is 3.43. The molecule has 0 spiro atoms. The molecule has 1 aliphatic heterocycles. The van der Waals surface area contributed by atoms with Crippen LogP contribution in [0.15, 0.2) is 24.3 Å². The van der Waals surface area contributed by atoms with E-state index in [4.69, 9.17) is 0 Å². The molecule has 1 atom stereocenters. The predicted molar refractivity (Wildman–Crippen MR) is 75.9 cm³/mol. The number of halogens is 1. The molecule has 1 aromatic carbocycles. The van der Waals surface area contributed by atoms with Gasteiger partial charge in [0.05, 0.1) is 6.42 Å². The van der Waals surface area contributed by atoms with Gasteiger partial charge < -0.3 is 10.2 Å². The van der Waals surface area contributed by atoms with Gasteiger partial charge in [0.1, 0.15) is 5.82 Å². The molecule has 1 heterocycles. The number of rotatable bonds is 5. The molecule has 1 aromatic rings. The number of amides is 1. The molecule has 1 amide bonds. The Morgan fingerprint density at radius 1 is 1.30 bits per heavy atom. The van der Waals surface area contributed by atoms with Crippen molar-refractivity contribution in [1.29, 1.82) is 0 Å². The van der Waals surface area contributed by atoms with Crippen molar-refractivity contribution >= 4 is 5.91 Å². The monoisotopic (exact) mass is 276 g/mol. The molecule has 20 heavy (non-hydrogen) atoms. The lowest BCUT2D eigenvalue weighted by Crippen LogP contribution is -2.43. The van der Waals surface area contributed by atoms with E-state index in [1.165, 1.54) is 12.5 Å². The van der Waals surface area contributed by atoms with E-state index in [1.54, 1.807) is 18.2 Å². The average Bonchev–Trinajstić information content (AvgIpc) is 3.15. The highest BCUT2D eigenvalue weighted by molar-refractivity contribution is 5.79. The molecule has 1 N–H and O–H groups in total. The Hall–Kier alpha value is -1.42. The minimum Gasteiger partial charge on any atom is -0.338 e. The summed E-state index contributed by atoms with van der Waals surface area (Å²) in [7, 11) is 0. The lowest BCUT2D eigenvalue weighted by Gasteiger charge is -2.26. The molecule has 0 radical (unpaired) electrons. The summed E-state index contributed by atoms with van der Waals surface area (Å²) in [4.78, 5) is 14.4. The summed E-state index contributed by atoms with van der Waals surface area (Å²) in [6.07, 6.45) is 4.68. The van der Waals surface area contributed by atoms with E-state index in [9.17, 15) is 9.18 Å². The Balaban J connectivity index is 1.64. The van der Waals surface area contributed by atoms with Crippen LogP contribution in [0.4, 0.5) is 4.39 Å². The summed E-state index contributed by atoms with van der Waals surface area (Å²) in [6, 6.07) is 7.36. The van der Waals surface area contributed by atoms with Gasteiger partial charge in [-0.1, -0.05) is 18.2 Å². The van der Waals surface area contributed by atoms with Crippen molar-refractivity contribution in [2.45, 2.75) is 44.2 Å². The lowest BCUT2D eigenvalue weighted by atomic mass is 10.1. The summed E-state index contributed by atoms with van der Waals surface area (Å²) in [6.45, 7) is 1.82. The summed E-state index contributed by atoms with van der Waals surface area (Å²) in [5.74, 6) is -0.220. The van der Waals surface area contributed by atoms with Crippen LogP contribution in [-0.4, -0.2) is 36.0 Å². The zero-order valence-electron chi connectivity index (χ0n) is 11.6. The molecular formula is C16H21FN2O. The minimum absolute atomic E-state index is 0.0614. The molecule has 0 bridgehead atoms. The molecule has 0 aromatic heterocycles. The predicted octanol–water partition coefficient (Wildman–Crippen LogP) is 2.11. The molecule has 2 aliphatic rings. The molecule has 1 unspecified atom stereocenters. The van der Waals surface area contributed by atoms with Crippen molar-refractivity contribution < 1.29 is 9.18 Å². The fraction of sp³-hybridized carbons (Fsp3) is 0.562. The second-order valence-electron chi connectivity index (χ2n) is 5.84. The first-order valence-corrected chi connectivity index (χ1v) is 7.50. The number of nitrogens with zero attached hydrogens (tertiary/aromatic N) is 1. The van der Waals surface area contributed by atoms with Crippen molar-refractivity contribution in [2.24, 2.45) is 0 Å². The zero-order chi connectivity index (χ0) is 13.9. The van der Waals surface area contributed by atoms with Gasteiger partial charge in [-0.3, -0.25) is 4.79 Å². The van der Waals surface area contributed by atoms with Gasteiger partial charge in [0.25, 0.3) is 0 Å². The highest BCUT2D eigenvalue weighted by Gasteiger charge is 2.34. The highest BCUT2D eigenvalue weighted by Crippen LogP contribution is 2.28. The highest BCUT2D eigenvalue weighted by atomic mass is 19.1. The maximum absolute atomic E-state index is 13.7. The van der Waals surface area contributed by atoms with Crippen LogP contribution in [0.2, 0.25) is 0 Å². The van der Waals surface area contributed by atoms with Gasteiger partial charge in [-0.2, -0.15) is 0 Å². The Morgan fingerprint density at radius 3 is 2.75 bits per heavy atom. The Bertz CT molecular complexity index is 481. The smallest absolute Gasteiger partial charge is 0.227 e. The summed E-state index contributed by atoms with van der Waals surface area (Å²) >= 11 is 0. The molecule has 1 saturated carbocycles. The Morgan fingerprint density at radius 2 is 2.10 bits per heavy atom. The van der Waals surface area contributed by atoms with Crippen LogP contribution < -0.4 is 5.32 Å². The SMILES string of the molecule is O=C(Cc1ccccc1F)N(CC1CCCN1)C1CC1. The van der Waals surface area contributed by atoms with E-state index in [0.29, 0.717) is 17.6 Å². The molecule has 1 saturated heterocycles. The summed E-state index contributed by atoms with van der Waals surface area (Å²) < 4.78 is 13.7. The number of nitrogens with one attached hydrogen (secondary N) is 1. The maximum Gasteiger partial charge on any atom is 0.227 e. The van der Waals surface area contributed by atoms with Crippen LogP contribution in [0.3, 0.4) is 0 Å². The van der Waals surface area contributed by atoms with Crippen LogP contribution in [-0.2, 0) is 11.2 Å². The van der Waals surface area contributed by atoms with Crippen LogP contribution in [0.1, 0.15) is 31.2 Å². The third-order valence-electron chi connectivity index (χ3n) is 4.19. The second kappa shape index (κ2) is 5.92. The van der Waals surface area contributed by atoms with E-state index in [-0.39, 0.29) is 18.1 Å². The molecule has 1 aliphatic carbocycles. The van der Waals surface area contributed by atoms with Crippen molar-refractivity contribution in [3.8, 4) is 0 Å². The van der Waals surface area contributed by atoms with Crippen molar-refractivity contribution in [1.82, 2.24) is 10.2 Å². The van der Waals surface area contributed by atoms with Crippen molar-refractivity contribution in [3.63, 3.8) is 0 Å². The number of hydrogen-bond acceptors (Lipinski definition) is 2. The molecule has 4 heteroatoms. The summed E-state index contributed by atoms with van der Waals surface area (Å²) in [5.41, 5.74) is 0.502. The van der Waals surface area contributed by atoms with Gasteiger partial charge in [0.15, 0.2) is 0 Å². The molecule has 3 rings (SSSR count). The van der Waals surface area contributed by atoms with Crippen molar-refractivity contribution in [3.05, 3.63) is 35.6 Å². The normalized spacial score (nSPS) is 21.9. The number of benzene rings is 1. The average molecular weight is 276 g/mol. The third-order valence-corrected chi connectivity index (χ3v) is 4.19. The van der Waals surface area contributed by atoms with Crippen molar-refractivity contribution in [2.75, 3.05) is 13.1 Å². The standard InChI is InChI=1S/C16H21FN2O/c17-15-6-2-1-4-12(15)10-16(20)19(14-7-8-14)11-13-5-3-9-18-13/h1-2,4,6,13-14,18H,3,5,7-11H2. The first-order valence-electron chi connectivity index (χ1n) is 7.50. The minimum atomic E-state index is -0.282. The van der Waals surface area contributed by atoms with Gasteiger partial charge in [-0.25, -0.2) is 4.39 Å². The Labute approximate surface area is 119 Å². The van der Waals surface area contributed by atoms with Crippen LogP contribution in [0.5, 0.6) is 0 Å². The quantitative estimate of drug-likeness (QED) is 0.893. The molecule has 3 nitrogen and oxygen atoms in total. The number of carbonyl (C=O) groups excluding carboxylic acids is 1. The fourth-order valence-corrected chi connectivity index (χ4v) is 2.90. The molecule has 2 fully saturated rings. The first-order chi connectivity index (χ1) is 9.74. The van der Waals surface area contributed by atoms with E-state index < -0.39 is 0 Å². The zero-order valence-corrected chi connectivity index (χ0v) is 11.6. The van der Waals surface area contributed by atoms with Gasteiger partial charge in [0.2, 0.25) is 5.91 Å². The van der Waals surface area contributed by atoms with Crippen LogP contribution >= 0.6 is 0 Å². The van der Waals surface area contributed by atoms with E-state index in [1.807, 2.05) is 4.90 Å². The number of hydrogen-bond donors (Lipinski definition) is 1.